The van der Waals surface area contributed by atoms with E-state index in [2.05, 4.69) is 132 Å². The van der Waals surface area contributed by atoms with Crippen molar-refractivity contribution in [2.45, 2.75) is 0 Å². The van der Waals surface area contributed by atoms with Crippen LogP contribution in [0.15, 0.2) is 158 Å². The summed E-state index contributed by atoms with van der Waals surface area (Å²) in [5.74, 6) is 0. The van der Waals surface area contributed by atoms with E-state index < -0.39 is 0 Å². The molecule has 0 unspecified atom stereocenters. The van der Waals surface area contributed by atoms with Gasteiger partial charge in [-0.3, -0.25) is 9.97 Å². The Hall–Kier alpha value is -5.60. The van der Waals surface area contributed by atoms with E-state index in [1.807, 2.05) is 24.5 Å². The van der Waals surface area contributed by atoms with Crippen LogP contribution >= 0.6 is 0 Å². The fourth-order valence-electron chi connectivity index (χ4n) is 6.20. The molecular weight excluding hydrogens is 508 g/mol. The lowest BCUT2D eigenvalue weighted by atomic mass is 9.85. The normalized spacial score (nSPS) is 11.3. The van der Waals surface area contributed by atoms with Crippen LogP contribution in [0.2, 0.25) is 0 Å². The zero-order valence-electron chi connectivity index (χ0n) is 22.9. The third kappa shape index (κ3) is 4.13. The number of fused-ring (bicyclic) bond motifs is 3. The topological polar surface area (TPSA) is 25.8 Å². The van der Waals surface area contributed by atoms with Crippen molar-refractivity contribution in [1.29, 1.82) is 0 Å². The number of pyridine rings is 2. The average Bonchev–Trinajstić information content (AvgIpc) is 3.07. The molecule has 0 aliphatic heterocycles. The molecule has 0 saturated heterocycles. The second-order valence-corrected chi connectivity index (χ2v) is 10.7. The minimum atomic E-state index is 0.921. The number of rotatable bonds is 4. The van der Waals surface area contributed by atoms with Gasteiger partial charge in [-0.25, -0.2) is 0 Å². The van der Waals surface area contributed by atoms with Crippen molar-refractivity contribution in [2.24, 2.45) is 0 Å². The maximum Gasteiger partial charge on any atom is 0.0717 e. The Morgan fingerprint density at radius 3 is 1.60 bits per heavy atom. The molecular formula is C40H26N2. The summed E-state index contributed by atoms with van der Waals surface area (Å²) in [5.41, 5.74) is 9.14. The zero-order valence-corrected chi connectivity index (χ0v) is 22.9. The third-order valence-corrected chi connectivity index (χ3v) is 8.17. The van der Waals surface area contributed by atoms with Crippen molar-refractivity contribution < 1.29 is 0 Å². The van der Waals surface area contributed by atoms with Gasteiger partial charge in [0.25, 0.3) is 0 Å². The lowest BCUT2D eigenvalue weighted by Crippen LogP contribution is -1.91. The average molecular weight is 535 g/mol. The zero-order chi connectivity index (χ0) is 27.9. The van der Waals surface area contributed by atoms with Gasteiger partial charge in [-0.1, -0.05) is 109 Å². The summed E-state index contributed by atoms with van der Waals surface area (Å²) in [7, 11) is 0. The van der Waals surface area contributed by atoms with E-state index in [9.17, 15) is 0 Å². The maximum absolute atomic E-state index is 4.75. The van der Waals surface area contributed by atoms with Crippen LogP contribution in [0.3, 0.4) is 0 Å². The van der Waals surface area contributed by atoms with E-state index in [4.69, 9.17) is 4.98 Å². The summed E-state index contributed by atoms with van der Waals surface area (Å²) in [6.45, 7) is 0. The lowest BCUT2D eigenvalue weighted by molar-refractivity contribution is 1.28. The largest absolute Gasteiger partial charge is 0.264 e. The van der Waals surface area contributed by atoms with Crippen LogP contribution in [0.4, 0.5) is 0 Å². The Morgan fingerprint density at radius 2 is 0.952 bits per heavy atom. The second-order valence-electron chi connectivity index (χ2n) is 10.7. The van der Waals surface area contributed by atoms with Crippen molar-refractivity contribution >= 4 is 32.3 Å². The first-order valence-corrected chi connectivity index (χ1v) is 14.2. The fourth-order valence-corrected chi connectivity index (χ4v) is 6.20. The Kier molecular flexibility index (Phi) is 5.82. The van der Waals surface area contributed by atoms with Crippen molar-refractivity contribution in [3.8, 4) is 44.6 Å². The smallest absolute Gasteiger partial charge is 0.0717 e. The van der Waals surface area contributed by atoms with Gasteiger partial charge in [0.1, 0.15) is 0 Å². The molecule has 0 fully saturated rings. The van der Waals surface area contributed by atoms with Crippen LogP contribution in [0.1, 0.15) is 0 Å². The van der Waals surface area contributed by atoms with E-state index >= 15 is 0 Å². The molecule has 8 rings (SSSR count). The van der Waals surface area contributed by atoms with E-state index in [0.29, 0.717) is 0 Å². The van der Waals surface area contributed by atoms with Crippen molar-refractivity contribution in [3.05, 3.63) is 158 Å². The van der Waals surface area contributed by atoms with Gasteiger partial charge in [-0.05, 0) is 90.5 Å². The van der Waals surface area contributed by atoms with Crippen LogP contribution in [0.5, 0.6) is 0 Å². The molecule has 0 spiro atoms. The molecule has 2 nitrogen and oxygen atoms in total. The quantitative estimate of drug-likeness (QED) is 0.210. The highest BCUT2D eigenvalue weighted by molar-refractivity contribution is 6.21. The Balaban J connectivity index is 1.32. The third-order valence-electron chi connectivity index (χ3n) is 8.17. The molecule has 196 valence electrons. The molecule has 0 N–H and O–H groups in total. The van der Waals surface area contributed by atoms with E-state index in [0.717, 1.165) is 22.4 Å². The summed E-state index contributed by atoms with van der Waals surface area (Å²) in [6, 6.07) is 50.1. The van der Waals surface area contributed by atoms with Gasteiger partial charge in [0.05, 0.1) is 5.69 Å². The van der Waals surface area contributed by atoms with Gasteiger partial charge in [-0.2, -0.15) is 0 Å². The molecule has 0 aliphatic carbocycles. The summed E-state index contributed by atoms with van der Waals surface area (Å²) in [5, 5.41) is 7.53. The molecule has 0 saturated carbocycles. The van der Waals surface area contributed by atoms with Crippen molar-refractivity contribution in [3.63, 3.8) is 0 Å². The summed E-state index contributed by atoms with van der Waals surface area (Å²) in [4.78, 5) is 8.99. The molecule has 0 aliphatic rings. The van der Waals surface area contributed by atoms with Crippen LogP contribution in [0.25, 0.3) is 77.0 Å². The van der Waals surface area contributed by atoms with Gasteiger partial charge < -0.3 is 0 Å². The van der Waals surface area contributed by atoms with Gasteiger partial charge in [0.15, 0.2) is 0 Å². The number of benzene rings is 6. The summed E-state index contributed by atoms with van der Waals surface area (Å²) >= 11 is 0. The van der Waals surface area contributed by atoms with Gasteiger partial charge in [0, 0.05) is 29.7 Å². The van der Waals surface area contributed by atoms with E-state index in [-0.39, 0.29) is 0 Å². The highest BCUT2D eigenvalue weighted by Gasteiger charge is 2.17. The number of aromatic nitrogens is 2. The lowest BCUT2D eigenvalue weighted by Gasteiger charge is -2.18. The molecule has 6 aromatic carbocycles. The van der Waals surface area contributed by atoms with Crippen molar-refractivity contribution in [2.75, 3.05) is 0 Å². The fraction of sp³-hybridized carbons (Fsp3) is 0. The van der Waals surface area contributed by atoms with Crippen LogP contribution in [0, 0.1) is 0 Å². The first-order valence-electron chi connectivity index (χ1n) is 14.2. The minimum Gasteiger partial charge on any atom is -0.264 e. The molecule has 0 radical (unpaired) electrons. The SMILES string of the molecule is c1cncc(-c2ccc(-c3cccc(-c4c5ccccc5c(-c5ccc6ccccc6c5)c5ccccc45)c3)cn2)c1. The Morgan fingerprint density at radius 1 is 0.357 bits per heavy atom. The number of hydrogen-bond donors (Lipinski definition) is 0. The van der Waals surface area contributed by atoms with Crippen LogP contribution in [-0.2, 0) is 0 Å². The molecule has 0 bridgehead atoms. The van der Waals surface area contributed by atoms with Crippen molar-refractivity contribution in [1.82, 2.24) is 9.97 Å². The number of nitrogens with zero attached hydrogens (tertiary/aromatic N) is 2. The standard InChI is InChI=1S/C40H26N2/c1-2-10-28-23-31(19-18-27(28)9-1)40-36-16-5-3-14-34(36)39(35-15-4-6-17-37(35)40)30-12-7-11-29(24-30)32-20-21-38(42-26-32)33-13-8-22-41-25-33/h1-26H. The highest BCUT2D eigenvalue weighted by Crippen LogP contribution is 2.44. The predicted molar refractivity (Wildman–Crippen MR) is 176 cm³/mol. The van der Waals surface area contributed by atoms with Gasteiger partial charge >= 0.3 is 0 Å². The molecule has 2 heterocycles. The van der Waals surface area contributed by atoms with E-state index in [1.54, 1.807) is 6.20 Å². The first-order chi connectivity index (χ1) is 20.8. The molecule has 2 aromatic heterocycles. The predicted octanol–water partition coefficient (Wildman–Crippen LogP) is 10.6. The second kappa shape index (κ2) is 10.1. The molecule has 8 aromatic rings. The Labute approximate surface area is 244 Å². The van der Waals surface area contributed by atoms with Gasteiger partial charge in [-0.15, -0.1) is 0 Å². The molecule has 0 amide bonds. The molecule has 42 heavy (non-hydrogen) atoms. The first kappa shape index (κ1) is 24.2. The summed E-state index contributed by atoms with van der Waals surface area (Å²) < 4.78 is 0. The highest BCUT2D eigenvalue weighted by atomic mass is 14.7. The minimum absolute atomic E-state index is 0.921. The summed E-state index contributed by atoms with van der Waals surface area (Å²) in [6.07, 6.45) is 5.59. The molecule has 2 heteroatoms. The Bertz CT molecular complexity index is 2180. The maximum atomic E-state index is 4.75. The van der Waals surface area contributed by atoms with Crippen LogP contribution < -0.4 is 0 Å². The van der Waals surface area contributed by atoms with E-state index in [1.165, 1.54) is 54.6 Å². The molecule has 0 atom stereocenters. The monoisotopic (exact) mass is 534 g/mol. The number of hydrogen-bond acceptors (Lipinski definition) is 2. The van der Waals surface area contributed by atoms with Gasteiger partial charge in [0.2, 0.25) is 0 Å². The van der Waals surface area contributed by atoms with Crippen LogP contribution in [-0.4, -0.2) is 9.97 Å².